The molecule has 1 aliphatic rings. The van der Waals surface area contributed by atoms with E-state index < -0.39 is 35.8 Å². The molecular formula is C28H24ClN7O5. The molecule has 0 radical (unpaired) electrons. The summed E-state index contributed by atoms with van der Waals surface area (Å²) in [6.07, 6.45) is 1.52. The average molecular weight is 574 g/mol. The summed E-state index contributed by atoms with van der Waals surface area (Å²) in [7, 11) is 0. The minimum atomic E-state index is -1.09. The first kappa shape index (κ1) is 27.5. The number of nitrogens with zero attached hydrogens (tertiary/aromatic N) is 6. The molecule has 13 heteroatoms. The van der Waals surface area contributed by atoms with Crippen LogP contribution in [0.2, 0.25) is 5.02 Å². The third-order valence-corrected chi connectivity index (χ3v) is 6.98. The molecule has 5 rings (SSSR count). The fraction of sp³-hybridized carbons (Fsp3) is 0.179. The number of carbonyl (C=O) groups is 4. The van der Waals surface area contributed by atoms with Crippen LogP contribution in [-0.4, -0.2) is 72.5 Å². The number of tetrazole rings is 1. The Hall–Kier alpha value is -5.10. The number of rotatable bonds is 8. The molecule has 1 saturated heterocycles. The third kappa shape index (κ3) is 5.77. The standard InChI is InChI=1S/C28H24ClN7O5/c1-17-27(39)34(15-25(37)36(17)23-14-20(29)9-12-22(23)35-16-30-32-33-35)24(13-18-5-3-2-4-6-18)26(38)31-21-10-7-19(8-11-21)28(40)41/h2-12,14,16-17,24H,13,15H2,1H3,(H,31,38)(H,40,41). The van der Waals surface area contributed by atoms with E-state index in [1.165, 1.54) is 45.1 Å². The van der Waals surface area contributed by atoms with E-state index >= 15 is 0 Å². The Morgan fingerprint density at radius 1 is 1.05 bits per heavy atom. The summed E-state index contributed by atoms with van der Waals surface area (Å²) in [6, 6.07) is 17.6. The molecule has 3 amide bonds. The number of piperazine rings is 1. The molecule has 0 spiro atoms. The molecule has 2 N–H and O–H groups in total. The van der Waals surface area contributed by atoms with Crippen molar-refractivity contribution in [3.8, 4) is 5.69 Å². The summed E-state index contributed by atoms with van der Waals surface area (Å²) in [5, 5.41) is 23.5. The highest BCUT2D eigenvalue weighted by molar-refractivity contribution is 6.31. The maximum absolute atomic E-state index is 13.9. The van der Waals surface area contributed by atoms with Gasteiger partial charge in [0.05, 0.1) is 16.9 Å². The van der Waals surface area contributed by atoms with Crippen molar-refractivity contribution in [2.45, 2.75) is 25.4 Å². The van der Waals surface area contributed by atoms with Gasteiger partial charge in [0.2, 0.25) is 17.7 Å². The molecule has 12 nitrogen and oxygen atoms in total. The summed E-state index contributed by atoms with van der Waals surface area (Å²) in [5.74, 6) is -2.48. The fourth-order valence-corrected chi connectivity index (χ4v) is 4.90. The van der Waals surface area contributed by atoms with E-state index in [0.717, 1.165) is 5.56 Å². The Balaban J connectivity index is 1.45. The first-order valence-corrected chi connectivity index (χ1v) is 12.9. The SMILES string of the molecule is CC1C(=O)N(C(Cc2ccccc2)C(=O)Nc2ccc(C(=O)O)cc2)CC(=O)N1c1cc(Cl)ccc1-n1cnnn1. The first-order chi connectivity index (χ1) is 19.7. The number of benzene rings is 3. The predicted octanol–water partition coefficient (Wildman–Crippen LogP) is 2.83. The molecular weight excluding hydrogens is 550 g/mol. The van der Waals surface area contributed by atoms with Crippen molar-refractivity contribution in [2.75, 3.05) is 16.8 Å². The smallest absolute Gasteiger partial charge is 0.335 e. The molecule has 0 saturated carbocycles. The Morgan fingerprint density at radius 3 is 2.44 bits per heavy atom. The topological polar surface area (TPSA) is 151 Å². The second-order valence-corrected chi connectivity index (χ2v) is 9.81. The van der Waals surface area contributed by atoms with E-state index in [9.17, 15) is 19.2 Å². The van der Waals surface area contributed by atoms with Gasteiger partial charge in [-0.05, 0) is 65.4 Å². The van der Waals surface area contributed by atoms with Crippen LogP contribution in [0, 0.1) is 0 Å². The van der Waals surface area contributed by atoms with Crippen molar-refractivity contribution >= 4 is 46.7 Å². The van der Waals surface area contributed by atoms with Crippen molar-refractivity contribution in [2.24, 2.45) is 0 Å². The molecule has 2 atom stereocenters. The van der Waals surface area contributed by atoms with Crippen LogP contribution in [0.4, 0.5) is 11.4 Å². The van der Waals surface area contributed by atoms with Gasteiger partial charge in [0.15, 0.2) is 0 Å². The van der Waals surface area contributed by atoms with E-state index in [1.54, 1.807) is 25.1 Å². The number of carboxylic acids is 1. The minimum Gasteiger partial charge on any atom is -0.478 e. The summed E-state index contributed by atoms with van der Waals surface area (Å²) in [4.78, 5) is 55.0. The highest BCUT2D eigenvalue weighted by Crippen LogP contribution is 2.32. The van der Waals surface area contributed by atoms with E-state index in [1.807, 2.05) is 30.3 Å². The zero-order valence-electron chi connectivity index (χ0n) is 21.7. The highest BCUT2D eigenvalue weighted by Gasteiger charge is 2.43. The van der Waals surface area contributed by atoms with Gasteiger partial charge in [-0.1, -0.05) is 41.9 Å². The summed E-state index contributed by atoms with van der Waals surface area (Å²) < 4.78 is 1.36. The molecule has 41 heavy (non-hydrogen) atoms. The molecule has 2 unspecified atom stereocenters. The van der Waals surface area contributed by atoms with Gasteiger partial charge < -0.3 is 15.3 Å². The number of hydrogen-bond donors (Lipinski definition) is 2. The van der Waals surface area contributed by atoms with Gasteiger partial charge in [0.1, 0.15) is 25.0 Å². The normalized spacial score (nSPS) is 16.0. The number of carboxylic acid groups (broad SMARTS) is 1. The number of aromatic carboxylic acids is 1. The zero-order chi connectivity index (χ0) is 29.1. The Labute approximate surface area is 239 Å². The lowest BCUT2D eigenvalue weighted by atomic mass is 10.0. The minimum absolute atomic E-state index is 0.0663. The fourth-order valence-electron chi connectivity index (χ4n) is 4.73. The molecule has 208 valence electrons. The molecule has 3 aromatic carbocycles. The number of anilines is 2. The van der Waals surface area contributed by atoms with Crippen LogP contribution in [0.5, 0.6) is 0 Å². The van der Waals surface area contributed by atoms with E-state index in [0.29, 0.717) is 22.1 Å². The van der Waals surface area contributed by atoms with E-state index in [2.05, 4.69) is 20.8 Å². The second kappa shape index (κ2) is 11.6. The van der Waals surface area contributed by atoms with Gasteiger partial charge in [-0.15, -0.1) is 5.10 Å². The number of aromatic nitrogens is 4. The number of hydrogen-bond acceptors (Lipinski definition) is 7. The van der Waals surface area contributed by atoms with Gasteiger partial charge >= 0.3 is 5.97 Å². The largest absolute Gasteiger partial charge is 0.478 e. The lowest BCUT2D eigenvalue weighted by Crippen LogP contribution is -2.63. The van der Waals surface area contributed by atoms with Gasteiger partial charge in [0, 0.05) is 17.1 Å². The Morgan fingerprint density at radius 2 is 1.78 bits per heavy atom. The van der Waals surface area contributed by atoms with Crippen LogP contribution in [0.25, 0.3) is 5.69 Å². The van der Waals surface area contributed by atoms with Crippen LogP contribution >= 0.6 is 11.6 Å². The van der Waals surface area contributed by atoms with Crippen LogP contribution in [0.15, 0.2) is 79.1 Å². The van der Waals surface area contributed by atoms with Crippen molar-refractivity contribution in [1.82, 2.24) is 25.1 Å². The lowest BCUT2D eigenvalue weighted by molar-refractivity contribution is -0.146. The number of halogens is 1. The lowest BCUT2D eigenvalue weighted by Gasteiger charge is -2.42. The van der Waals surface area contributed by atoms with Crippen molar-refractivity contribution in [3.63, 3.8) is 0 Å². The molecule has 0 aliphatic carbocycles. The Bertz CT molecular complexity index is 1600. The van der Waals surface area contributed by atoms with Crippen LogP contribution in [0.3, 0.4) is 0 Å². The van der Waals surface area contributed by atoms with E-state index in [-0.39, 0.29) is 18.5 Å². The second-order valence-electron chi connectivity index (χ2n) is 9.37. The van der Waals surface area contributed by atoms with Crippen LogP contribution in [-0.2, 0) is 20.8 Å². The van der Waals surface area contributed by atoms with Crippen molar-refractivity contribution in [1.29, 1.82) is 0 Å². The maximum Gasteiger partial charge on any atom is 0.335 e. The van der Waals surface area contributed by atoms with Gasteiger partial charge in [-0.3, -0.25) is 19.3 Å². The number of carbonyl (C=O) groups excluding carboxylic acids is 3. The molecule has 1 fully saturated rings. The molecule has 0 bridgehead atoms. The number of amides is 3. The quantitative estimate of drug-likeness (QED) is 0.326. The molecule has 4 aromatic rings. The average Bonchev–Trinajstić information content (AvgIpc) is 3.50. The Kier molecular flexibility index (Phi) is 7.74. The monoisotopic (exact) mass is 573 g/mol. The maximum atomic E-state index is 13.9. The first-order valence-electron chi connectivity index (χ1n) is 12.6. The third-order valence-electron chi connectivity index (χ3n) is 6.75. The van der Waals surface area contributed by atoms with Crippen molar-refractivity contribution in [3.05, 3.63) is 95.3 Å². The highest BCUT2D eigenvalue weighted by atomic mass is 35.5. The van der Waals surface area contributed by atoms with Crippen LogP contribution in [0.1, 0.15) is 22.8 Å². The molecule has 1 aromatic heterocycles. The summed E-state index contributed by atoms with van der Waals surface area (Å²) >= 11 is 6.26. The summed E-state index contributed by atoms with van der Waals surface area (Å²) in [5.41, 5.74) is 2.01. The van der Waals surface area contributed by atoms with Gasteiger partial charge in [-0.2, -0.15) is 4.68 Å². The zero-order valence-corrected chi connectivity index (χ0v) is 22.5. The molecule has 1 aliphatic heterocycles. The van der Waals surface area contributed by atoms with E-state index in [4.69, 9.17) is 16.7 Å². The summed E-state index contributed by atoms with van der Waals surface area (Å²) in [6.45, 7) is 1.21. The molecule has 2 heterocycles. The van der Waals surface area contributed by atoms with Gasteiger partial charge in [0.25, 0.3) is 0 Å². The van der Waals surface area contributed by atoms with Crippen LogP contribution < -0.4 is 10.2 Å². The predicted molar refractivity (Wildman–Crippen MR) is 149 cm³/mol. The number of nitrogens with one attached hydrogen (secondary N) is 1. The van der Waals surface area contributed by atoms with Crippen molar-refractivity contribution < 1.29 is 24.3 Å². The van der Waals surface area contributed by atoms with Gasteiger partial charge in [-0.25, -0.2) is 4.79 Å².